The van der Waals surface area contributed by atoms with Crippen molar-refractivity contribution < 1.29 is 4.92 Å². The Hall–Kier alpha value is -2.44. The predicted octanol–water partition coefficient (Wildman–Crippen LogP) is 2.10. The van der Waals surface area contributed by atoms with Crippen molar-refractivity contribution in [1.82, 2.24) is 15.2 Å². The number of rotatable bonds is 3. The molecule has 0 saturated carbocycles. The Morgan fingerprint density at radius 3 is 3.00 bits per heavy atom. The Balaban J connectivity index is 1.86. The fourth-order valence-corrected chi connectivity index (χ4v) is 2.72. The van der Waals surface area contributed by atoms with Gasteiger partial charge in [-0.2, -0.15) is 5.10 Å². The van der Waals surface area contributed by atoms with Gasteiger partial charge < -0.3 is 4.90 Å². The minimum Gasteiger partial charge on any atom is -0.365 e. The molecule has 1 aromatic carbocycles. The minimum atomic E-state index is -0.326. The summed E-state index contributed by atoms with van der Waals surface area (Å²) in [6.07, 6.45) is 3.50. The zero-order valence-electron chi connectivity index (χ0n) is 10.9. The van der Waals surface area contributed by atoms with Crippen molar-refractivity contribution in [3.05, 3.63) is 46.5 Å². The van der Waals surface area contributed by atoms with E-state index in [-0.39, 0.29) is 16.5 Å². The van der Waals surface area contributed by atoms with Crippen molar-refractivity contribution in [2.45, 2.75) is 18.8 Å². The van der Waals surface area contributed by atoms with Gasteiger partial charge in [0, 0.05) is 25.1 Å². The van der Waals surface area contributed by atoms with E-state index in [4.69, 9.17) is 0 Å². The number of hydrogen-bond donors (Lipinski definition) is 1. The van der Waals surface area contributed by atoms with E-state index in [1.54, 1.807) is 18.2 Å². The van der Waals surface area contributed by atoms with Gasteiger partial charge in [0.15, 0.2) is 0 Å². The lowest BCUT2D eigenvalue weighted by Gasteiger charge is -2.33. The maximum Gasteiger partial charge on any atom is 0.292 e. The molecule has 7 nitrogen and oxygen atoms in total. The second kappa shape index (κ2) is 5.28. The van der Waals surface area contributed by atoms with Crippen LogP contribution in [0.1, 0.15) is 24.6 Å². The average Bonchev–Trinajstić information content (AvgIpc) is 3.01. The van der Waals surface area contributed by atoms with E-state index >= 15 is 0 Å². The molecule has 3 rings (SSSR count). The van der Waals surface area contributed by atoms with Gasteiger partial charge in [-0.25, -0.2) is 4.98 Å². The summed E-state index contributed by atoms with van der Waals surface area (Å²) in [6.45, 7) is 1.55. The molecule has 7 heteroatoms. The lowest BCUT2D eigenvalue weighted by Crippen LogP contribution is -2.35. The maximum absolute atomic E-state index is 11.1. The molecule has 1 aromatic heterocycles. The largest absolute Gasteiger partial charge is 0.365 e. The summed E-state index contributed by atoms with van der Waals surface area (Å²) in [7, 11) is 0. The van der Waals surface area contributed by atoms with E-state index in [0.29, 0.717) is 5.69 Å². The van der Waals surface area contributed by atoms with Crippen LogP contribution >= 0.6 is 0 Å². The zero-order valence-corrected chi connectivity index (χ0v) is 10.9. The lowest BCUT2D eigenvalue weighted by molar-refractivity contribution is -0.384. The first-order valence-corrected chi connectivity index (χ1v) is 6.59. The molecule has 2 aromatic rings. The summed E-state index contributed by atoms with van der Waals surface area (Å²) >= 11 is 0. The zero-order chi connectivity index (χ0) is 13.9. The van der Waals surface area contributed by atoms with Gasteiger partial charge >= 0.3 is 0 Å². The van der Waals surface area contributed by atoms with Crippen LogP contribution in [0, 0.1) is 10.1 Å². The fraction of sp³-hybridized carbons (Fsp3) is 0.385. The number of benzene rings is 1. The van der Waals surface area contributed by atoms with Crippen molar-refractivity contribution in [2.75, 3.05) is 18.0 Å². The standard InChI is InChI=1S/C13H15N5O2/c19-18(20)12-6-2-1-5-11(12)17-7-3-4-10(8-17)13-14-9-15-16-13/h1-2,5-6,9-10H,3-4,7-8H2,(H,14,15,16). The Kier molecular flexibility index (Phi) is 3.32. The van der Waals surface area contributed by atoms with Gasteiger partial charge in [-0.15, -0.1) is 0 Å². The van der Waals surface area contributed by atoms with E-state index in [1.165, 1.54) is 6.33 Å². The number of anilines is 1. The van der Waals surface area contributed by atoms with Crippen LogP contribution in [-0.4, -0.2) is 33.2 Å². The van der Waals surface area contributed by atoms with Crippen molar-refractivity contribution in [3.63, 3.8) is 0 Å². The highest BCUT2D eigenvalue weighted by molar-refractivity contribution is 5.63. The number of aromatic nitrogens is 3. The van der Waals surface area contributed by atoms with Crippen molar-refractivity contribution >= 4 is 11.4 Å². The molecular weight excluding hydrogens is 258 g/mol. The molecule has 0 bridgehead atoms. The molecule has 20 heavy (non-hydrogen) atoms. The monoisotopic (exact) mass is 273 g/mol. The molecule has 1 fully saturated rings. The van der Waals surface area contributed by atoms with E-state index in [0.717, 1.165) is 31.8 Å². The molecular formula is C13H15N5O2. The number of nitrogens with zero attached hydrogens (tertiary/aromatic N) is 4. The molecule has 0 spiro atoms. The van der Waals surface area contributed by atoms with Gasteiger partial charge in [0.2, 0.25) is 0 Å². The van der Waals surface area contributed by atoms with Crippen LogP contribution in [0.15, 0.2) is 30.6 Å². The van der Waals surface area contributed by atoms with Gasteiger partial charge in [-0.1, -0.05) is 12.1 Å². The second-order valence-electron chi connectivity index (χ2n) is 4.90. The van der Waals surface area contributed by atoms with E-state index < -0.39 is 0 Å². The number of nitrogens with one attached hydrogen (secondary N) is 1. The fourth-order valence-electron chi connectivity index (χ4n) is 2.72. The van der Waals surface area contributed by atoms with Gasteiger partial charge in [0.1, 0.15) is 17.8 Å². The number of nitro groups is 1. The third-order valence-electron chi connectivity index (χ3n) is 3.66. The Labute approximate surface area is 115 Å². The first-order valence-electron chi connectivity index (χ1n) is 6.59. The van der Waals surface area contributed by atoms with Gasteiger partial charge in [0.05, 0.1) is 4.92 Å². The van der Waals surface area contributed by atoms with E-state index in [9.17, 15) is 10.1 Å². The molecule has 2 heterocycles. The second-order valence-corrected chi connectivity index (χ2v) is 4.90. The summed E-state index contributed by atoms with van der Waals surface area (Å²) < 4.78 is 0. The van der Waals surface area contributed by atoms with Crippen LogP contribution in [0.2, 0.25) is 0 Å². The molecule has 1 unspecified atom stereocenters. The SMILES string of the molecule is O=[N+]([O-])c1ccccc1N1CCCC(c2ncn[nH]2)C1. The summed E-state index contributed by atoms with van der Waals surface area (Å²) in [5, 5.41) is 17.9. The first kappa shape index (κ1) is 12.6. The maximum atomic E-state index is 11.1. The predicted molar refractivity (Wildman–Crippen MR) is 73.7 cm³/mol. The minimum absolute atomic E-state index is 0.158. The Morgan fingerprint density at radius 1 is 1.40 bits per heavy atom. The van der Waals surface area contributed by atoms with Crippen LogP contribution < -0.4 is 4.90 Å². The molecule has 0 radical (unpaired) electrons. The molecule has 1 aliphatic heterocycles. The molecule has 1 saturated heterocycles. The summed E-state index contributed by atoms with van der Waals surface area (Å²) in [5.74, 6) is 1.10. The number of piperidine rings is 1. The highest BCUT2D eigenvalue weighted by Gasteiger charge is 2.27. The van der Waals surface area contributed by atoms with Gasteiger partial charge in [-0.05, 0) is 18.9 Å². The topological polar surface area (TPSA) is 87.9 Å². The van der Waals surface area contributed by atoms with Crippen molar-refractivity contribution in [2.24, 2.45) is 0 Å². The smallest absolute Gasteiger partial charge is 0.292 e. The highest BCUT2D eigenvalue weighted by Crippen LogP contribution is 2.33. The number of hydrogen-bond acceptors (Lipinski definition) is 5. The first-order chi connectivity index (χ1) is 9.75. The van der Waals surface area contributed by atoms with Gasteiger partial charge in [0.25, 0.3) is 5.69 Å². The van der Waals surface area contributed by atoms with Crippen LogP contribution in [0.5, 0.6) is 0 Å². The van der Waals surface area contributed by atoms with Crippen LogP contribution in [0.25, 0.3) is 0 Å². The quantitative estimate of drug-likeness (QED) is 0.683. The van der Waals surface area contributed by atoms with E-state index in [1.807, 2.05) is 6.07 Å². The van der Waals surface area contributed by atoms with Crippen molar-refractivity contribution in [1.29, 1.82) is 0 Å². The molecule has 1 N–H and O–H groups in total. The molecule has 1 atom stereocenters. The van der Waals surface area contributed by atoms with Crippen LogP contribution in [0.4, 0.5) is 11.4 Å². The third-order valence-corrected chi connectivity index (χ3v) is 3.66. The molecule has 104 valence electrons. The summed E-state index contributed by atoms with van der Waals surface area (Å²) in [4.78, 5) is 17.1. The van der Waals surface area contributed by atoms with Crippen LogP contribution in [0.3, 0.4) is 0 Å². The number of H-pyrrole nitrogens is 1. The molecule has 0 aliphatic carbocycles. The lowest BCUT2D eigenvalue weighted by atomic mass is 9.96. The Morgan fingerprint density at radius 2 is 2.25 bits per heavy atom. The average molecular weight is 273 g/mol. The van der Waals surface area contributed by atoms with Crippen LogP contribution in [-0.2, 0) is 0 Å². The number of nitro benzene ring substituents is 1. The normalized spacial score (nSPS) is 19.0. The van der Waals surface area contributed by atoms with Crippen molar-refractivity contribution in [3.8, 4) is 0 Å². The molecule has 0 amide bonds. The summed E-state index contributed by atoms with van der Waals surface area (Å²) in [6, 6.07) is 6.88. The number of para-hydroxylation sites is 2. The Bertz CT molecular complexity index is 599. The summed E-state index contributed by atoms with van der Waals surface area (Å²) in [5.41, 5.74) is 0.840. The highest BCUT2D eigenvalue weighted by atomic mass is 16.6. The third kappa shape index (κ3) is 2.34. The van der Waals surface area contributed by atoms with Gasteiger partial charge in [-0.3, -0.25) is 15.2 Å². The number of aromatic amines is 1. The van der Waals surface area contributed by atoms with E-state index in [2.05, 4.69) is 20.1 Å². The molecule has 1 aliphatic rings.